The highest BCUT2D eigenvalue weighted by Gasteiger charge is 2.37. The lowest BCUT2D eigenvalue weighted by molar-refractivity contribution is 0.129. The molecule has 16 heavy (non-hydrogen) atoms. The lowest BCUT2D eigenvalue weighted by atomic mass is 9.94. The van der Waals surface area contributed by atoms with E-state index in [0.29, 0.717) is 0 Å². The van der Waals surface area contributed by atoms with Crippen LogP contribution in [0.15, 0.2) is 0 Å². The Morgan fingerprint density at radius 2 is 2.00 bits per heavy atom. The molecule has 92 valence electrons. The van der Waals surface area contributed by atoms with Crippen molar-refractivity contribution in [2.24, 2.45) is 5.92 Å². The van der Waals surface area contributed by atoms with Gasteiger partial charge in [-0.05, 0) is 51.7 Å². The van der Waals surface area contributed by atoms with Crippen LogP contribution in [-0.4, -0.2) is 61.7 Å². The van der Waals surface area contributed by atoms with Crippen molar-refractivity contribution in [2.75, 3.05) is 39.8 Å². The molecule has 3 aliphatic rings. The van der Waals surface area contributed by atoms with Crippen LogP contribution in [0.1, 0.15) is 25.7 Å². The normalized spacial score (nSPS) is 42.2. The van der Waals surface area contributed by atoms with E-state index in [1.54, 1.807) is 0 Å². The van der Waals surface area contributed by atoms with Gasteiger partial charge in [-0.3, -0.25) is 4.90 Å². The van der Waals surface area contributed by atoms with Gasteiger partial charge in [0.2, 0.25) is 0 Å². The Bertz CT molecular complexity index is 229. The van der Waals surface area contributed by atoms with E-state index in [1.165, 1.54) is 58.4 Å². The molecule has 3 nitrogen and oxygen atoms in total. The molecule has 3 saturated heterocycles. The van der Waals surface area contributed by atoms with Gasteiger partial charge in [-0.2, -0.15) is 0 Å². The van der Waals surface area contributed by atoms with Crippen molar-refractivity contribution in [1.29, 1.82) is 0 Å². The third kappa shape index (κ3) is 2.13. The maximum absolute atomic E-state index is 3.71. The average molecular weight is 223 g/mol. The highest BCUT2D eigenvalue weighted by atomic mass is 15.3. The Morgan fingerprint density at radius 1 is 1.06 bits per heavy atom. The van der Waals surface area contributed by atoms with E-state index in [1.807, 2.05) is 0 Å². The Labute approximate surface area is 99.2 Å². The van der Waals surface area contributed by atoms with Gasteiger partial charge >= 0.3 is 0 Å². The summed E-state index contributed by atoms with van der Waals surface area (Å²) in [6, 6.07) is 1.65. The van der Waals surface area contributed by atoms with Crippen LogP contribution >= 0.6 is 0 Å². The van der Waals surface area contributed by atoms with E-state index in [0.717, 1.165) is 18.0 Å². The number of nitrogens with zero attached hydrogens (tertiary/aromatic N) is 2. The highest BCUT2D eigenvalue weighted by molar-refractivity contribution is 4.95. The zero-order chi connectivity index (χ0) is 11.0. The van der Waals surface area contributed by atoms with Gasteiger partial charge in [-0.15, -0.1) is 0 Å². The molecule has 0 aromatic heterocycles. The molecule has 0 aromatic carbocycles. The minimum absolute atomic E-state index is 0.806. The van der Waals surface area contributed by atoms with Crippen molar-refractivity contribution in [3.8, 4) is 0 Å². The molecule has 3 heteroatoms. The van der Waals surface area contributed by atoms with Crippen LogP contribution in [0.5, 0.6) is 0 Å². The molecule has 1 N–H and O–H groups in total. The third-order valence-corrected chi connectivity index (χ3v) is 4.74. The predicted molar refractivity (Wildman–Crippen MR) is 66.6 cm³/mol. The fourth-order valence-electron chi connectivity index (χ4n) is 3.82. The summed E-state index contributed by atoms with van der Waals surface area (Å²) in [5, 5.41) is 3.71. The van der Waals surface area contributed by atoms with Crippen molar-refractivity contribution in [3.63, 3.8) is 0 Å². The van der Waals surface area contributed by atoms with Gasteiger partial charge < -0.3 is 10.2 Å². The standard InChI is InChI=1S/C13H25N3/c1-15-7-3-5-12(9-15)16-8-11-4-2-6-14-13(11)10-16/h11-14H,2-10H2,1H3. The van der Waals surface area contributed by atoms with E-state index >= 15 is 0 Å². The van der Waals surface area contributed by atoms with Crippen LogP contribution < -0.4 is 5.32 Å². The van der Waals surface area contributed by atoms with Crippen molar-refractivity contribution in [3.05, 3.63) is 0 Å². The van der Waals surface area contributed by atoms with Gasteiger partial charge in [-0.1, -0.05) is 0 Å². The van der Waals surface area contributed by atoms with E-state index in [-0.39, 0.29) is 0 Å². The van der Waals surface area contributed by atoms with Crippen molar-refractivity contribution >= 4 is 0 Å². The SMILES string of the molecule is CN1CCCC(N2CC3CCCNC3C2)C1. The molecule has 3 atom stereocenters. The largest absolute Gasteiger partial charge is 0.312 e. The lowest BCUT2D eigenvalue weighted by Gasteiger charge is -2.35. The molecule has 3 unspecified atom stereocenters. The number of rotatable bonds is 1. The van der Waals surface area contributed by atoms with Crippen LogP contribution in [-0.2, 0) is 0 Å². The predicted octanol–water partition coefficient (Wildman–Crippen LogP) is 0.764. The highest BCUT2D eigenvalue weighted by Crippen LogP contribution is 2.28. The summed E-state index contributed by atoms with van der Waals surface area (Å²) in [6.45, 7) is 6.51. The molecule has 3 fully saturated rings. The van der Waals surface area contributed by atoms with Crippen LogP contribution in [0.25, 0.3) is 0 Å². The first-order valence-electron chi connectivity index (χ1n) is 6.99. The Hall–Kier alpha value is -0.120. The molecule has 0 amide bonds. The van der Waals surface area contributed by atoms with E-state index in [2.05, 4.69) is 22.2 Å². The number of likely N-dealkylation sites (tertiary alicyclic amines) is 2. The van der Waals surface area contributed by atoms with Crippen molar-refractivity contribution in [1.82, 2.24) is 15.1 Å². The van der Waals surface area contributed by atoms with Crippen LogP contribution in [0.4, 0.5) is 0 Å². The molecule has 0 spiro atoms. The van der Waals surface area contributed by atoms with E-state index < -0.39 is 0 Å². The first-order valence-corrected chi connectivity index (χ1v) is 6.99. The summed E-state index contributed by atoms with van der Waals surface area (Å²) in [7, 11) is 2.27. The fourth-order valence-corrected chi connectivity index (χ4v) is 3.82. The molecule has 0 aromatic rings. The van der Waals surface area contributed by atoms with Crippen LogP contribution in [0.3, 0.4) is 0 Å². The fraction of sp³-hybridized carbons (Fsp3) is 1.00. The second-order valence-electron chi connectivity index (χ2n) is 5.98. The van der Waals surface area contributed by atoms with Crippen molar-refractivity contribution < 1.29 is 0 Å². The van der Waals surface area contributed by atoms with E-state index in [9.17, 15) is 0 Å². The number of hydrogen-bond donors (Lipinski definition) is 1. The summed E-state index contributed by atoms with van der Waals surface area (Å²) in [6.07, 6.45) is 5.65. The first-order chi connectivity index (χ1) is 7.83. The average Bonchev–Trinajstić information content (AvgIpc) is 2.72. The number of piperidine rings is 2. The number of likely N-dealkylation sites (N-methyl/N-ethyl adjacent to an activating group) is 1. The molecule has 0 saturated carbocycles. The Kier molecular flexibility index (Phi) is 3.18. The summed E-state index contributed by atoms with van der Waals surface area (Å²) < 4.78 is 0. The minimum atomic E-state index is 0.806. The van der Waals surface area contributed by atoms with Crippen LogP contribution in [0, 0.1) is 5.92 Å². The Balaban J connectivity index is 1.59. The van der Waals surface area contributed by atoms with Crippen molar-refractivity contribution in [2.45, 2.75) is 37.8 Å². The van der Waals surface area contributed by atoms with Gasteiger partial charge in [0.25, 0.3) is 0 Å². The zero-order valence-corrected chi connectivity index (χ0v) is 10.5. The number of hydrogen-bond acceptors (Lipinski definition) is 3. The van der Waals surface area contributed by atoms with Gasteiger partial charge in [-0.25, -0.2) is 0 Å². The van der Waals surface area contributed by atoms with Gasteiger partial charge in [0.15, 0.2) is 0 Å². The maximum atomic E-state index is 3.71. The number of fused-ring (bicyclic) bond motifs is 1. The van der Waals surface area contributed by atoms with Gasteiger partial charge in [0.1, 0.15) is 0 Å². The maximum Gasteiger partial charge on any atom is 0.0235 e. The minimum Gasteiger partial charge on any atom is -0.312 e. The van der Waals surface area contributed by atoms with E-state index in [4.69, 9.17) is 0 Å². The topological polar surface area (TPSA) is 18.5 Å². The molecule has 0 aliphatic carbocycles. The molecule has 3 aliphatic heterocycles. The molecular formula is C13H25N3. The molecule has 0 radical (unpaired) electrons. The summed E-state index contributed by atoms with van der Waals surface area (Å²) >= 11 is 0. The molecule has 3 rings (SSSR count). The Morgan fingerprint density at radius 3 is 2.81 bits per heavy atom. The zero-order valence-electron chi connectivity index (χ0n) is 10.5. The quantitative estimate of drug-likeness (QED) is 0.708. The summed E-state index contributed by atoms with van der Waals surface area (Å²) in [4.78, 5) is 5.27. The van der Waals surface area contributed by atoms with Gasteiger partial charge in [0.05, 0.1) is 0 Å². The lowest BCUT2D eigenvalue weighted by Crippen LogP contribution is -2.46. The monoisotopic (exact) mass is 223 g/mol. The van der Waals surface area contributed by atoms with Crippen LogP contribution in [0.2, 0.25) is 0 Å². The summed E-state index contributed by atoms with van der Waals surface area (Å²) in [5.41, 5.74) is 0. The second-order valence-corrected chi connectivity index (χ2v) is 5.98. The summed E-state index contributed by atoms with van der Waals surface area (Å²) in [5.74, 6) is 0.945. The smallest absolute Gasteiger partial charge is 0.0235 e. The molecular weight excluding hydrogens is 198 g/mol. The first kappa shape index (κ1) is 11.0. The molecule has 0 bridgehead atoms. The van der Waals surface area contributed by atoms with Gasteiger partial charge in [0, 0.05) is 31.7 Å². The second kappa shape index (κ2) is 4.63. The number of nitrogens with one attached hydrogen (secondary N) is 1. The molecule has 3 heterocycles. The third-order valence-electron chi connectivity index (χ3n) is 4.74.